The van der Waals surface area contributed by atoms with Crippen LogP contribution in [-0.2, 0) is 26.8 Å². The van der Waals surface area contributed by atoms with Gasteiger partial charge in [-0.2, -0.15) is 12.5 Å². The summed E-state index contributed by atoms with van der Waals surface area (Å²) in [6, 6.07) is 24.4. The molecule has 0 aliphatic rings. The molecule has 0 aliphatic carbocycles. The third-order valence-corrected chi connectivity index (χ3v) is 4.76. The molecular formula is C25H25NO2Pd. The van der Waals surface area contributed by atoms with E-state index in [2.05, 4.69) is 31.2 Å². The molecule has 0 amide bonds. The number of ether oxygens (including phenoxy) is 2. The summed E-state index contributed by atoms with van der Waals surface area (Å²) in [5.41, 5.74) is 14.0. The molecule has 0 aromatic heterocycles. The fourth-order valence-corrected chi connectivity index (χ4v) is 3.38. The first-order chi connectivity index (χ1) is 13.7. The number of nitrogens with one attached hydrogen (secondary N) is 1. The third kappa shape index (κ3) is 5.11. The molecule has 3 aromatic carbocycles. The molecule has 0 radical (unpaired) electrons. The van der Waals surface area contributed by atoms with E-state index in [1.54, 1.807) is 14.2 Å². The van der Waals surface area contributed by atoms with Gasteiger partial charge in [-0.25, -0.2) is 0 Å². The SMILES string of the molecule is [CH2-]/C(=C(/c1ccccc1)c1cc(OC)c(OC)cc1CC[NH-])c1ccccc1.[Pd+2]. The zero-order chi connectivity index (χ0) is 19.9. The fourth-order valence-electron chi connectivity index (χ4n) is 3.38. The minimum atomic E-state index is 0. The largest absolute Gasteiger partial charge is 2.00 e. The Kier molecular flexibility index (Phi) is 8.54. The van der Waals surface area contributed by atoms with Crippen LogP contribution in [0.15, 0.2) is 72.8 Å². The van der Waals surface area contributed by atoms with Crippen LogP contribution in [0, 0.1) is 6.92 Å². The predicted molar refractivity (Wildman–Crippen MR) is 117 cm³/mol. The van der Waals surface area contributed by atoms with Gasteiger partial charge >= 0.3 is 20.4 Å². The van der Waals surface area contributed by atoms with Crippen molar-refractivity contribution in [3.8, 4) is 11.5 Å². The van der Waals surface area contributed by atoms with E-state index in [-0.39, 0.29) is 20.4 Å². The van der Waals surface area contributed by atoms with Gasteiger partial charge in [-0.05, 0) is 18.6 Å². The second-order valence-electron chi connectivity index (χ2n) is 6.45. The fraction of sp³-hybridized carbons (Fsp3) is 0.160. The third-order valence-electron chi connectivity index (χ3n) is 4.76. The van der Waals surface area contributed by atoms with E-state index in [1.165, 1.54) is 0 Å². The maximum atomic E-state index is 7.78. The zero-order valence-electron chi connectivity index (χ0n) is 16.7. The van der Waals surface area contributed by atoms with Crippen LogP contribution in [0.2, 0.25) is 0 Å². The van der Waals surface area contributed by atoms with E-state index in [4.69, 9.17) is 15.2 Å². The number of allylic oxidation sites excluding steroid dienone is 1. The average molecular weight is 478 g/mol. The molecule has 29 heavy (non-hydrogen) atoms. The summed E-state index contributed by atoms with van der Waals surface area (Å²) in [7, 11) is 3.27. The molecule has 1 N–H and O–H groups in total. The van der Waals surface area contributed by atoms with Gasteiger partial charge in [0.15, 0.2) is 11.5 Å². The van der Waals surface area contributed by atoms with Crippen molar-refractivity contribution >= 4 is 11.1 Å². The van der Waals surface area contributed by atoms with Crippen LogP contribution < -0.4 is 9.47 Å². The van der Waals surface area contributed by atoms with Crippen molar-refractivity contribution in [2.45, 2.75) is 6.42 Å². The van der Waals surface area contributed by atoms with Crippen LogP contribution in [-0.4, -0.2) is 20.8 Å². The Labute approximate surface area is 187 Å². The summed E-state index contributed by atoms with van der Waals surface area (Å²) in [6.45, 7) is 4.72. The molecule has 0 heterocycles. The van der Waals surface area contributed by atoms with E-state index < -0.39 is 0 Å². The van der Waals surface area contributed by atoms with E-state index in [1.807, 2.05) is 48.5 Å². The maximum absolute atomic E-state index is 7.78. The Morgan fingerprint density at radius 3 is 1.86 bits per heavy atom. The molecule has 0 saturated carbocycles. The van der Waals surface area contributed by atoms with Gasteiger partial charge < -0.3 is 15.2 Å². The van der Waals surface area contributed by atoms with Gasteiger partial charge in [-0.3, -0.25) is 0 Å². The number of hydrogen-bond acceptors (Lipinski definition) is 2. The van der Waals surface area contributed by atoms with Crippen molar-refractivity contribution in [1.29, 1.82) is 0 Å². The summed E-state index contributed by atoms with van der Waals surface area (Å²) in [5.74, 6) is 1.34. The number of rotatable bonds is 7. The summed E-state index contributed by atoms with van der Waals surface area (Å²) in [5, 5.41) is 0. The topological polar surface area (TPSA) is 42.3 Å². The average Bonchev–Trinajstić information content (AvgIpc) is 2.76. The predicted octanol–water partition coefficient (Wildman–Crippen LogP) is 6.09. The maximum Gasteiger partial charge on any atom is 2.00 e. The Morgan fingerprint density at radius 1 is 0.828 bits per heavy atom. The molecule has 4 heteroatoms. The normalized spacial score (nSPS) is 11.3. The number of hydrogen-bond donors (Lipinski definition) is 0. The van der Waals surface area contributed by atoms with Crippen LogP contribution in [0.3, 0.4) is 0 Å². The molecule has 0 aliphatic heterocycles. The molecule has 3 nitrogen and oxygen atoms in total. The van der Waals surface area contributed by atoms with Crippen molar-refractivity contribution in [1.82, 2.24) is 0 Å². The molecule has 0 atom stereocenters. The Morgan fingerprint density at radius 2 is 1.34 bits per heavy atom. The van der Waals surface area contributed by atoms with Gasteiger partial charge in [-0.15, -0.1) is 29.8 Å². The van der Waals surface area contributed by atoms with E-state index in [0.717, 1.165) is 33.4 Å². The van der Waals surface area contributed by atoms with Crippen LogP contribution in [0.25, 0.3) is 16.9 Å². The van der Waals surface area contributed by atoms with Crippen LogP contribution in [0.5, 0.6) is 11.5 Å². The van der Waals surface area contributed by atoms with Gasteiger partial charge in [0, 0.05) is 0 Å². The molecule has 3 aromatic rings. The minimum Gasteiger partial charge on any atom is -0.677 e. The first-order valence-electron chi connectivity index (χ1n) is 9.26. The van der Waals surface area contributed by atoms with Gasteiger partial charge in [0.1, 0.15) is 0 Å². The van der Waals surface area contributed by atoms with E-state index in [9.17, 15) is 0 Å². The standard InChI is InChI=1S/C25H25NO2.Pd/c1-18(19-10-6-4-7-11-19)25(20-12-8-5-9-13-20)22-17-24(28-3)23(27-2)16-21(22)14-15-26;/h4-13,16-17,26H,1,14-15H2,2-3H3;/q-2;+2/b25-18+;. The molecule has 0 unspecified atom stereocenters. The summed E-state index contributed by atoms with van der Waals surface area (Å²) >= 11 is 0. The van der Waals surface area contributed by atoms with Crippen molar-refractivity contribution in [2.24, 2.45) is 0 Å². The van der Waals surface area contributed by atoms with Crippen molar-refractivity contribution in [3.05, 3.63) is 108 Å². The van der Waals surface area contributed by atoms with Crippen molar-refractivity contribution < 1.29 is 29.9 Å². The first kappa shape index (κ1) is 22.8. The summed E-state index contributed by atoms with van der Waals surface area (Å²) in [6.07, 6.45) is 0.619. The molecule has 3 rings (SSSR count). The van der Waals surface area contributed by atoms with Crippen LogP contribution in [0.4, 0.5) is 0 Å². The summed E-state index contributed by atoms with van der Waals surface area (Å²) < 4.78 is 11.1. The quantitative estimate of drug-likeness (QED) is 0.235. The Hall–Kier alpha value is -2.51. The Balaban J connectivity index is 0.00000300. The second-order valence-corrected chi connectivity index (χ2v) is 6.45. The zero-order valence-corrected chi connectivity index (χ0v) is 18.2. The van der Waals surface area contributed by atoms with Crippen molar-refractivity contribution in [2.75, 3.05) is 20.8 Å². The molecular weight excluding hydrogens is 453 g/mol. The van der Waals surface area contributed by atoms with Gasteiger partial charge in [0.05, 0.1) is 14.2 Å². The summed E-state index contributed by atoms with van der Waals surface area (Å²) in [4.78, 5) is 0. The molecule has 0 spiro atoms. The monoisotopic (exact) mass is 477 g/mol. The van der Waals surface area contributed by atoms with Gasteiger partial charge in [-0.1, -0.05) is 65.2 Å². The molecule has 0 fully saturated rings. The second kappa shape index (κ2) is 10.9. The number of benzene rings is 3. The first-order valence-corrected chi connectivity index (χ1v) is 9.26. The van der Waals surface area contributed by atoms with E-state index in [0.29, 0.717) is 24.5 Å². The molecule has 0 saturated heterocycles. The van der Waals surface area contributed by atoms with E-state index >= 15 is 0 Å². The minimum absolute atomic E-state index is 0. The molecule has 152 valence electrons. The number of methoxy groups -OCH3 is 2. The molecule has 0 bridgehead atoms. The van der Waals surface area contributed by atoms with Crippen molar-refractivity contribution in [3.63, 3.8) is 0 Å². The van der Waals surface area contributed by atoms with Crippen LogP contribution >= 0.6 is 0 Å². The van der Waals surface area contributed by atoms with Gasteiger partial charge in [0.25, 0.3) is 0 Å². The Bertz CT molecular complexity index is 953. The van der Waals surface area contributed by atoms with Crippen LogP contribution in [0.1, 0.15) is 22.3 Å². The van der Waals surface area contributed by atoms with Gasteiger partial charge in [0.2, 0.25) is 0 Å². The smallest absolute Gasteiger partial charge is 0.677 e.